The van der Waals surface area contributed by atoms with E-state index in [1.54, 1.807) is 6.07 Å². The summed E-state index contributed by atoms with van der Waals surface area (Å²) in [4.78, 5) is 14.9. The van der Waals surface area contributed by atoms with Gasteiger partial charge in [-0.2, -0.15) is 0 Å². The van der Waals surface area contributed by atoms with Gasteiger partial charge < -0.3 is 4.90 Å². The Morgan fingerprint density at radius 1 is 1.13 bits per heavy atom. The molecular weight excluding hydrogens is 309 g/mol. The van der Waals surface area contributed by atoms with E-state index in [1.807, 2.05) is 5.38 Å². The van der Waals surface area contributed by atoms with Gasteiger partial charge >= 0.3 is 0 Å². The molecule has 0 spiro atoms. The van der Waals surface area contributed by atoms with Gasteiger partial charge in [-0.15, -0.1) is 11.3 Å². The van der Waals surface area contributed by atoms with Gasteiger partial charge in [-0.1, -0.05) is 17.7 Å². The molecule has 0 fully saturated rings. The SMILES string of the molecule is Cc1ccc2c(c1)CCCN2c1csc2ccc(F)cc2c1=O. The average molecular weight is 325 g/mol. The van der Waals surface area contributed by atoms with Gasteiger partial charge in [0.1, 0.15) is 5.82 Å². The lowest BCUT2D eigenvalue weighted by Crippen LogP contribution is -2.28. The molecule has 3 aromatic rings. The van der Waals surface area contributed by atoms with Crippen molar-refractivity contribution in [2.24, 2.45) is 0 Å². The number of hydrogen-bond donors (Lipinski definition) is 0. The summed E-state index contributed by atoms with van der Waals surface area (Å²) in [5, 5.41) is 2.36. The number of aryl methyl sites for hydroxylation is 2. The van der Waals surface area contributed by atoms with Crippen molar-refractivity contribution >= 4 is 32.8 Å². The second kappa shape index (κ2) is 5.46. The number of halogens is 1. The molecule has 0 saturated carbocycles. The second-order valence-electron chi connectivity index (χ2n) is 5.98. The standard InChI is InChI=1S/C19H16FNOS/c1-12-4-6-16-13(9-12)3-2-8-21(16)17-11-23-18-7-5-14(20)10-15(18)19(17)22/h4-7,9-11H,2-3,8H2,1H3. The highest BCUT2D eigenvalue weighted by molar-refractivity contribution is 7.16. The zero-order valence-electron chi connectivity index (χ0n) is 12.8. The fraction of sp³-hybridized carbons (Fsp3) is 0.211. The summed E-state index contributed by atoms with van der Waals surface area (Å²) in [6.07, 6.45) is 2.05. The number of anilines is 2. The van der Waals surface area contributed by atoms with Gasteiger partial charge in [-0.3, -0.25) is 4.79 Å². The van der Waals surface area contributed by atoms with E-state index in [2.05, 4.69) is 30.0 Å². The quantitative estimate of drug-likeness (QED) is 0.641. The van der Waals surface area contributed by atoms with Crippen LogP contribution in [0.15, 0.2) is 46.6 Å². The molecule has 0 aliphatic carbocycles. The first-order chi connectivity index (χ1) is 11.1. The molecular formula is C19H16FNOS. The topological polar surface area (TPSA) is 20.3 Å². The van der Waals surface area contributed by atoms with Crippen LogP contribution in [0.4, 0.5) is 15.8 Å². The van der Waals surface area contributed by atoms with Crippen LogP contribution in [0, 0.1) is 12.7 Å². The number of benzene rings is 2. The summed E-state index contributed by atoms with van der Waals surface area (Å²) in [7, 11) is 0. The summed E-state index contributed by atoms with van der Waals surface area (Å²) < 4.78 is 14.3. The average Bonchev–Trinajstić information content (AvgIpc) is 2.55. The maximum atomic E-state index is 13.5. The van der Waals surface area contributed by atoms with Gasteiger partial charge in [0.25, 0.3) is 0 Å². The van der Waals surface area contributed by atoms with Crippen LogP contribution in [0.2, 0.25) is 0 Å². The van der Waals surface area contributed by atoms with Crippen molar-refractivity contribution in [3.63, 3.8) is 0 Å². The van der Waals surface area contributed by atoms with E-state index in [0.717, 1.165) is 29.8 Å². The van der Waals surface area contributed by atoms with Gasteiger partial charge in [0, 0.05) is 27.7 Å². The third-order valence-corrected chi connectivity index (χ3v) is 5.31. The van der Waals surface area contributed by atoms with Crippen molar-refractivity contribution in [3.8, 4) is 0 Å². The molecule has 1 aliphatic rings. The van der Waals surface area contributed by atoms with Crippen molar-refractivity contribution < 1.29 is 4.39 Å². The molecule has 4 rings (SSSR count). The van der Waals surface area contributed by atoms with E-state index in [9.17, 15) is 9.18 Å². The van der Waals surface area contributed by atoms with E-state index >= 15 is 0 Å². The molecule has 2 nitrogen and oxygen atoms in total. The Labute approximate surface area is 137 Å². The van der Waals surface area contributed by atoms with Crippen molar-refractivity contribution in [2.45, 2.75) is 19.8 Å². The van der Waals surface area contributed by atoms with E-state index in [-0.39, 0.29) is 11.2 Å². The van der Waals surface area contributed by atoms with Gasteiger partial charge in [-0.25, -0.2) is 4.39 Å². The van der Waals surface area contributed by atoms with Crippen LogP contribution in [0.25, 0.3) is 10.1 Å². The minimum absolute atomic E-state index is 0.0910. The van der Waals surface area contributed by atoms with Crippen LogP contribution in [0.1, 0.15) is 17.5 Å². The summed E-state index contributed by atoms with van der Waals surface area (Å²) >= 11 is 1.49. The third kappa shape index (κ3) is 2.43. The summed E-state index contributed by atoms with van der Waals surface area (Å²) in [6, 6.07) is 10.8. The minimum Gasteiger partial charge on any atom is -0.337 e. The Kier molecular flexibility index (Phi) is 3.42. The fourth-order valence-corrected chi connectivity index (χ4v) is 4.15. The highest BCUT2D eigenvalue weighted by Crippen LogP contribution is 2.34. The Morgan fingerprint density at radius 3 is 2.87 bits per heavy atom. The Balaban J connectivity index is 1.91. The van der Waals surface area contributed by atoms with Crippen molar-refractivity contribution in [3.05, 3.63) is 68.9 Å². The van der Waals surface area contributed by atoms with Crippen molar-refractivity contribution in [2.75, 3.05) is 11.4 Å². The largest absolute Gasteiger partial charge is 0.337 e. The van der Waals surface area contributed by atoms with Gasteiger partial charge in [0.05, 0.1) is 5.69 Å². The molecule has 0 N–H and O–H groups in total. The predicted molar refractivity (Wildman–Crippen MR) is 94.6 cm³/mol. The summed E-state index contributed by atoms with van der Waals surface area (Å²) in [5.41, 5.74) is 4.17. The molecule has 1 aromatic heterocycles. The third-order valence-electron chi connectivity index (χ3n) is 4.36. The molecule has 1 aliphatic heterocycles. The number of rotatable bonds is 1. The maximum absolute atomic E-state index is 13.5. The normalized spacial score (nSPS) is 14.1. The first-order valence-corrected chi connectivity index (χ1v) is 8.59. The van der Waals surface area contributed by atoms with Crippen molar-refractivity contribution in [1.82, 2.24) is 0 Å². The van der Waals surface area contributed by atoms with Crippen LogP contribution < -0.4 is 10.3 Å². The Hall–Kier alpha value is -2.20. The Bertz CT molecular complexity index is 963. The zero-order chi connectivity index (χ0) is 16.0. The lowest BCUT2D eigenvalue weighted by atomic mass is 9.99. The van der Waals surface area contributed by atoms with Crippen LogP contribution in [-0.2, 0) is 6.42 Å². The Morgan fingerprint density at radius 2 is 2.00 bits per heavy atom. The first-order valence-electron chi connectivity index (χ1n) is 7.71. The molecule has 0 saturated heterocycles. The molecule has 0 atom stereocenters. The number of fused-ring (bicyclic) bond motifs is 2. The molecule has 0 unspecified atom stereocenters. The van der Waals surface area contributed by atoms with E-state index in [0.29, 0.717) is 11.1 Å². The molecule has 0 radical (unpaired) electrons. The van der Waals surface area contributed by atoms with E-state index in [4.69, 9.17) is 0 Å². The summed E-state index contributed by atoms with van der Waals surface area (Å²) in [5.74, 6) is -0.367. The smallest absolute Gasteiger partial charge is 0.211 e. The molecule has 0 amide bonds. The van der Waals surface area contributed by atoms with Crippen molar-refractivity contribution in [1.29, 1.82) is 0 Å². The van der Waals surface area contributed by atoms with E-state index in [1.165, 1.54) is 34.6 Å². The lowest BCUT2D eigenvalue weighted by Gasteiger charge is -2.31. The number of hydrogen-bond acceptors (Lipinski definition) is 3. The van der Waals surface area contributed by atoms with Gasteiger partial charge in [-0.05, 0) is 49.6 Å². The van der Waals surface area contributed by atoms with Gasteiger partial charge in [0.15, 0.2) is 0 Å². The minimum atomic E-state index is -0.367. The highest BCUT2D eigenvalue weighted by atomic mass is 32.1. The van der Waals surface area contributed by atoms with Crippen LogP contribution in [0.3, 0.4) is 0 Å². The predicted octanol–water partition coefficient (Wildman–Crippen LogP) is 4.79. The first kappa shape index (κ1) is 14.4. The van der Waals surface area contributed by atoms with Gasteiger partial charge in [0.2, 0.25) is 5.43 Å². The molecule has 2 heterocycles. The number of nitrogens with zero attached hydrogens (tertiary/aromatic N) is 1. The van der Waals surface area contributed by atoms with Crippen LogP contribution in [-0.4, -0.2) is 6.54 Å². The van der Waals surface area contributed by atoms with E-state index < -0.39 is 0 Å². The molecule has 4 heteroatoms. The lowest BCUT2D eigenvalue weighted by molar-refractivity contribution is 0.630. The monoisotopic (exact) mass is 325 g/mol. The van der Waals surface area contributed by atoms with Crippen LogP contribution in [0.5, 0.6) is 0 Å². The maximum Gasteiger partial charge on any atom is 0.211 e. The molecule has 23 heavy (non-hydrogen) atoms. The second-order valence-corrected chi connectivity index (χ2v) is 6.89. The molecule has 0 bridgehead atoms. The molecule has 2 aromatic carbocycles. The highest BCUT2D eigenvalue weighted by Gasteiger charge is 2.21. The fourth-order valence-electron chi connectivity index (χ4n) is 3.26. The van der Waals surface area contributed by atoms with Crippen LogP contribution >= 0.6 is 11.3 Å². The zero-order valence-corrected chi connectivity index (χ0v) is 13.6. The molecule has 116 valence electrons. The summed E-state index contributed by atoms with van der Waals surface area (Å²) in [6.45, 7) is 2.90.